The molecule has 0 fully saturated rings. The van der Waals surface area contributed by atoms with Crippen LogP contribution in [-0.2, 0) is 4.79 Å². The van der Waals surface area contributed by atoms with E-state index in [1.807, 2.05) is 24.0 Å². The van der Waals surface area contributed by atoms with Gasteiger partial charge in [-0.3, -0.25) is 4.79 Å². The Bertz CT molecular complexity index is 447. The molecule has 4 N–H and O–H groups in total. The van der Waals surface area contributed by atoms with Crippen molar-refractivity contribution in [3.63, 3.8) is 0 Å². The van der Waals surface area contributed by atoms with Crippen LogP contribution in [0.2, 0.25) is 0 Å². The third-order valence-corrected chi connectivity index (χ3v) is 2.76. The molecule has 1 aromatic carbocycles. The van der Waals surface area contributed by atoms with Gasteiger partial charge in [0.25, 0.3) is 0 Å². The quantitative estimate of drug-likeness (QED) is 0.713. The van der Waals surface area contributed by atoms with Crippen LogP contribution in [0.4, 0.5) is 11.4 Å². The van der Waals surface area contributed by atoms with Gasteiger partial charge in [0.2, 0.25) is 5.91 Å². The number of primary amides is 1. The third kappa shape index (κ3) is 4.99. The molecule has 0 unspecified atom stereocenters. The lowest BCUT2D eigenvalue weighted by Crippen LogP contribution is -2.36. The highest BCUT2D eigenvalue weighted by Gasteiger charge is 2.13. The molecule has 0 aliphatic heterocycles. The number of rotatable bonds is 8. The molecule has 0 spiro atoms. The van der Waals surface area contributed by atoms with Gasteiger partial charge in [-0.05, 0) is 24.5 Å². The SMILES string of the molecule is CCCOc1cc(N(CC(N)=O)CC(C)C)ccc1N. The number of nitrogens with two attached hydrogens (primary N) is 2. The fourth-order valence-corrected chi connectivity index (χ4v) is 1.95. The van der Waals surface area contributed by atoms with Gasteiger partial charge >= 0.3 is 0 Å². The molecule has 20 heavy (non-hydrogen) atoms. The third-order valence-electron chi connectivity index (χ3n) is 2.76. The summed E-state index contributed by atoms with van der Waals surface area (Å²) < 4.78 is 5.62. The highest BCUT2D eigenvalue weighted by Crippen LogP contribution is 2.28. The number of hydrogen-bond donors (Lipinski definition) is 2. The molecule has 0 aliphatic carbocycles. The number of hydrogen-bond acceptors (Lipinski definition) is 4. The van der Waals surface area contributed by atoms with E-state index in [1.165, 1.54) is 0 Å². The van der Waals surface area contributed by atoms with Gasteiger partial charge in [-0.15, -0.1) is 0 Å². The molecule has 112 valence electrons. The maximum Gasteiger partial charge on any atom is 0.236 e. The second-order valence-electron chi connectivity index (χ2n) is 5.31. The maximum absolute atomic E-state index is 11.2. The number of nitrogens with zero attached hydrogens (tertiary/aromatic N) is 1. The Labute approximate surface area is 120 Å². The summed E-state index contributed by atoms with van der Waals surface area (Å²) in [4.78, 5) is 13.2. The summed E-state index contributed by atoms with van der Waals surface area (Å²) in [6, 6.07) is 5.56. The first-order chi connectivity index (χ1) is 9.43. The largest absolute Gasteiger partial charge is 0.491 e. The molecule has 0 saturated heterocycles. The highest BCUT2D eigenvalue weighted by atomic mass is 16.5. The summed E-state index contributed by atoms with van der Waals surface area (Å²) in [7, 11) is 0. The van der Waals surface area contributed by atoms with E-state index in [2.05, 4.69) is 13.8 Å². The number of benzene rings is 1. The molecule has 0 radical (unpaired) electrons. The number of nitrogen functional groups attached to an aromatic ring is 1. The van der Waals surface area contributed by atoms with Crippen LogP contribution in [0.3, 0.4) is 0 Å². The van der Waals surface area contributed by atoms with E-state index in [-0.39, 0.29) is 12.5 Å². The summed E-state index contributed by atoms with van der Waals surface area (Å²) in [5, 5.41) is 0. The molecule has 5 nitrogen and oxygen atoms in total. The fourth-order valence-electron chi connectivity index (χ4n) is 1.95. The van der Waals surface area contributed by atoms with E-state index in [4.69, 9.17) is 16.2 Å². The van der Waals surface area contributed by atoms with Crippen molar-refractivity contribution in [1.29, 1.82) is 0 Å². The Balaban J connectivity index is 2.96. The number of amides is 1. The van der Waals surface area contributed by atoms with Crippen LogP contribution in [0, 0.1) is 5.92 Å². The van der Waals surface area contributed by atoms with Crippen molar-refractivity contribution in [1.82, 2.24) is 0 Å². The molecule has 5 heteroatoms. The first-order valence-corrected chi connectivity index (χ1v) is 6.99. The predicted molar refractivity (Wildman–Crippen MR) is 82.9 cm³/mol. The molecule has 1 aromatic rings. The van der Waals surface area contributed by atoms with Crippen LogP contribution < -0.4 is 21.1 Å². The van der Waals surface area contributed by atoms with E-state index in [0.29, 0.717) is 24.0 Å². The zero-order valence-electron chi connectivity index (χ0n) is 12.6. The minimum atomic E-state index is -0.349. The molecule has 1 rings (SSSR count). The van der Waals surface area contributed by atoms with Gasteiger partial charge in [0.15, 0.2) is 0 Å². The maximum atomic E-state index is 11.2. The van der Waals surface area contributed by atoms with Gasteiger partial charge in [0, 0.05) is 18.3 Å². The predicted octanol–water partition coefficient (Wildman–Crippen LogP) is 2.01. The standard InChI is InChI=1S/C15H25N3O2/c1-4-7-20-14-8-12(5-6-13(14)16)18(9-11(2)3)10-15(17)19/h5-6,8,11H,4,7,9-10,16H2,1-3H3,(H2,17,19). The summed E-state index contributed by atoms with van der Waals surface area (Å²) >= 11 is 0. The summed E-state index contributed by atoms with van der Waals surface area (Å²) in [5.74, 6) is 0.730. The van der Waals surface area contributed by atoms with E-state index < -0.39 is 0 Å². The molecule has 0 saturated carbocycles. The zero-order chi connectivity index (χ0) is 15.1. The first-order valence-electron chi connectivity index (χ1n) is 6.99. The van der Waals surface area contributed by atoms with E-state index in [9.17, 15) is 4.79 Å². The van der Waals surface area contributed by atoms with Gasteiger partial charge in [-0.1, -0.05) is 20.8 Å². The van der Waals surface area contributed by atoms with Gasteiger partial charge in [-0.2, -0.15) is 0 Å². The summed E-state index contributed by atoms with van der Waals surface area (Å²) in [6.07, 6.45) is 0.917. The number of anilines is 2. The highest BCUT2D eigenvalue weighted by molar-refractivity contribution is 5.80. The monoisotopic (exact) mass is 279 g/mol. The van der Waals surface area contributed by atoms with E-state index >= 15 is 0 Å². The Morgan fingerprint density at radius 3 is 2.65 bits per heavy atom. The van der Waals surface area contributed by atoms with E-state index in [0.717, 1.165) is 18.7 Å². The van der Waals surface area contributed by atoms with E-state index in [1.54, 1.807) is 6.07 Å². The van der Waals surface area contributed by atoms with Gasteiger partial charge < -0.3 is 21.1 Å². The molecule has 1 amide bonds. The average molecular weight is 279 g/mol. The zero-order valence-corrected chi connectivity index (χ0v) is 12.6. The van der Waals surface area contributed by atoms with Crippen molar-refractivity contribution in [3.05, 3.63) is 18.2 Å². The topological polar surface area (TPSA) is 81.6 Å². The second kappa shape index (κ2) is 7.62. The molecular formula is C15H25N3O2. The van der Waals surface area contributed by atoms with Crippen LogP contribution in [0.1, 0.15) is 27.2 Å². The lowest BCUT2D eigenvalue weighted by molar-refractivity contribution is -0.116. The molecule has 0 bridgehead atoms. The number of carbonyl (C=O) groups is 1. The van der Waals surface area contributed by atoms with Crippen molar-refractivity contribution in [3.8, 4) is 5.75 Å². The number of ether oxygens (including phenoxy) is 1. The fraction of sp³-hybridized carbons (Fsp3) is 0.533. The van der Waals surface area contributed by atoms with Gasteiger partial charge in [-0.25, -0.2) is 0 Å². The molecule has 0 aliphatic rings. The van der Waals surface area contributed by atoms with Gasteiger partial charge in [0.05, 0.1) is 18.8 Å². The lowest BCUT2D eigenvalue weighted by atomic mass is 10.1. The molecule has 0 atom stereocenters. The molecular weight excluding hydrogens is 254 g/mol. The molecule has 0 aromatic heterocycles. The van der Waals surface area contributed by atoms with Crippen LogP contribution in [0.15, 0.2) is 18.2 Å². The molecule has 0 heterocycles. The summed E-state index contributed by atoms with van der Waals surface area (Å²) in [6.45, 7) is 7.79. The van der Waals surface area contributed by atoms with Gasteiger partial charge in [0.1, 0.15) is 5.75 Å². The van der Waals surface area contributed by atoms with Crippen molar-refractivity contribution in [2.24, 2.45) is 11.7 Å². The smallest absolute Gasteiger partial charge is 0.236 e. The number of carbonyl (C=O) groups excluding carboxylic acids is 1. The lowest BCUT2D eigenvalue weighted by Gasteiger charge is -2.26. The average Bonchev–Trinajstić information content (AvgIpc) is 2.36. The minimum absolute atomic E-state index is 0.190. The minimum Gasteiger partial charge on any atom is -0.491 e. The van der Waals surface area contributed by atoms with Crippen LogP contribution >= 0.6 is 0 Å². The summed E-state index contributed by atoms with van der Waals surface area (Å²) in [5.41, 5.74) is 12.7. The van der Waals surface area contributed by atoms with Crippen molar-refractivity contribution < 1.29 is 9.53 Å². The Kier molecular flexibility index (Phi) is 6.15. The first kappa shape index (κ1) is 16.1. The van der Waals surface area contributed by atoms with Crippen LogP contribution in [-0.4, -0.2) is 25.6 Å². The van der Waals surface area contributed by atoms with Crippen molar-refractivity contribution in [2.45, 2.75) is 27.2 Å². The Hall–Kier alpha value is -1.91. The van der Waals surface area contributed by atoms with Crippen LogP contribution in [0.25, 0.3) is 0 Å². The van der Waals surface area contributed by atoms with Crippen LogP contribution in [0.5, 0.6) is 5.75 Å². The second-order valence-corrected chi connectivity index (χ2v) is 5.31. The van der Waals surface area contributed by atoms with Crippen molar-refractivity contribution >= 4 is 17.3 Å². The Morgan fingerprint density at radius 1 is 1.40 bits per heavy atom. The van der Waals surface area contributed by atoms with Crippen molar-refractivity contribution in [2.75, 3.05) is 30.3 Å². The normalized spacial score (nSPS) is 10.6. The Morgan fingerprint density at radius 2 is 2.10 bits per heavy atom.